The number of nitrogens with zero attached hydrogens (tertiary/aromatic N) is 1. The number of benzene rings is 1. The van der Waals surface area contributed by atoms with Crippen molar-refractivity contribution in [2.75, 3.05) is 7.05 Å². The van der Waals surface area contributed by atoms with Gasteiger partial charge in [0.25, 0.3) is 0 Å². The van der Waals surface area contributed by atoms with Crippen molar-refractivity contribution in [1.82, 2.24) is 10.2 Å². The summed E-state index contributed by atoms with van der Waals surface area (Å²) >= 11 is 0. The monoisotopic (exact) mass is 316 g/mol. The molecular formula is C17H20N2O4. The Morgan fingerprint density at radius 1 is 1.13 bits per heavy atom. The minimum absolute atomic E-state index is 0.249. The molecular weight excluding hydrogens is 296 g/mol. The van der Waals surface area contributed by atoms with Crippen molar-refractivity contribution in [2.24, 2.45) is 11.8 Å². The maximum atomic E-state index is 12.5. The first-order valence-corrected chi connectivity index (χ1v) is 7.74. The van der Waals surface area contributed by atoms with Gasteiger partial charge in [0.15, 0.2) is 0 Å². The molecule has 2 amide bonds. The third-order valence-electron chi connectivity index (χ3n) is 4.46. The molecule has 6 nitrogen and oxygen atoms in total. The second kappa shape index (κ2) is 5.77. The van der Waals surface area contributed by atoms with Crippen LogP contribution in [0.3, 0.4) is 0 Å². The number of likely N-dealkylation sites (tertiary alicyclic amines) is 1. The lowest BCUT2D eigenvalue weighted by atomic mass is 9.86. The Kier molecular flexibility index (Phi) is 3.93. The highest BCUT2D eigenvalue weighted by Gasteiger charge is 2.60. The van der Waals surface area contributed by atoms with Gasteiger partial charge in [0.1, 0.15) is 6.04 Å². The predicted octanol–water partition coefficient (Wildman–Crippen LogP) is 0.882. The highest BCUT2D eigenvalue weighted by Crippen LogP contribution is 2.43. The van der Waals surface area contributed by atoms with Crippen LogP contribution >= 0.6 is 0 Å². The molecule has 2 aliphatic rings. The van der Waals surface area contributed by atoms with Crippen molar-refractivity contribution in [1.29, 1.82) is 0 Å². The average molecular weight is 316 g/mol. The zero-order chi connectivity index (χ0) is 16.7. The van der Waals surface area contributed by atoms with Crippen LogP contribution in [0, 0.1) is 11.8 Å². The van der Waals surface area contributed by atoms with E-state index in [-0.39, 0.29) is 24.0 Å². The maximum absolute atomic E-state index is 12.5. The van der Waals surface area contributed by atoms with Gasteiger partial charge in [-0.15, -0.1) is 0 Å². The molecule has 1 N–H and O–H groups in total. The normalized spacial score (nSPS) is 30.0. The summed E-state index contributed by atoms with van der Waals surface area (Å²) in [5, 5.41) is 3.15. The maximum Gasteiger partial charge on any atom is 0.324 e. The molecule has 1 aromatic carbocycles. The van der Waals surface area contributed by atoms with Gasteiger partial charge in [-0.05, 0) is 19.4 Å². The molecule has 1 aromatic rings. The lowest BCUT2D eigenvalue weighted by Gasteiger charge is -2.20. The molecule has 2 saturated heterocycles. The molecule has 0 bridgehead atoms. The van der Waals surface area contributed by atoms with Gasteiger partial charge in [0.2, 0.25) is 11.8 Å². The van der Waals surface area contributed by atoms with Crippen LogP contribution in [0.4, 0.5) is 0 Å². The van der Waals surface area contributed by atoms with Gasteiger partial charge in [-0.1, -0.05) is 30.3 Å². The molecule has 0 spiro atoms. The zero-order valence-corrected chi connectivity index (χ0v) is 13.4. The molecule has 3 rings (SSSR count). The molecule has 0 unspecified atom stereocenters. The number of carbonyl (C=O) groups is 3. The Morgan fingerprint density at radius 2 is 1.74 bits per heavy atom. The molecule has 2 aliphatic heterocycles. The van der Waals surface area contributed by atoms with Crippen molar-refractivity contribution in [3.63, 3.8) is 0 Å². The standard InChI is InChI=1S/C17H20N2O4/c1-9(2)23-17(22)14-12-11(15(20)19(3)16(12)21)13(18-14)10-7-5-4-6-8-10/h4-9,11-14,18H,1-3H3/t11-,12+,13+,14+/m0/s1. The van der Waals surface area contributed by atoms with Gasteiger partial charge in [0, 0.05) is 13.1 Å². The van der Waals surface area contributed by atoms with Gasteiger partial charge in [-0.2, -0.15) is 0 Å². The summed E-state index contributed by atoms with van der Waals surface area (Å²) in [4.78, 5) is 38.4. The van der Waals surface area contributed by atoms with E-state index in [1.54, 1.807) is 13.8 Å². The Labute approximate surface area is 134 Å². The first-order valence-electron chi connectivity index (χ1n) is 7.74. The van der Waals surface area contributed by atoms with Gasteiger partial charge in [-0.25, -0.2) is 0 Å². The number of nitrogens with one attached hydrogen (secondary N) is 1. The van der Waals surface area contributed by atoms with E-state index < -0.39 is 23.8 Å². The molecule has 6 heteroatoms. The fraction of sp³-hybridized carbons (Fsp3) is 0.471. The Hall–Kier alpha value is -2.21. The number of imide groups is 1. The van der Waals surface area contributed by atoms with Gasteiger partial charge >= 0.3 is 5.97 Å². The lowest BCUT2D eigenvalue weighted by molar-refractivity contribution is -0.153. The number of carbonyl (C=O) groups excluding carboxylic acids is 3. The van der Waals surface area contributed by atoms with E-state index in [0.29, 0.717) is 0 Å². The van der Waals surface area contributed by atoms with Crippen LogP contribution in [0.15, 0.2) is 30.3 Å². The number of rotatable bonds is 3. The number of amides is 2. The number of hydrogen-bond donors (Lipinski definition) is 1. The van der Waals surface area contributed by atoms with Crippen LogP contribution < -0.4 is 5.32 Å². The van der Waals surface area contributed by atoms with E-state index in [2.05, 4.69) is 5.32 Å². The van der Waals surface area contributed by atoms with E-state index in [4.69, 9.17) is 4.74 Å². The SMILES string of the molecule is CC(C)OC(=O)[C@@H]1N[C@H](c2ccccc2)[C@H]2C(=O)N(C)C(=O)[C@H]21. The number of ether oxygens (including phenoxy) is 1. The summed E-state index contributed by atoms with van der Waals surface area (Å²) in [6.45, 7) is 3.51. The predicted molar refractivity (Wildman–Crippen MR) is 82.1 cm³/mol. The fourth-order valence-corrected chi connectivity index (χ4v) is 3.45. The van der Waals surface area contributed by atoms with Crippen molar-refractivity contribution < 1.29 is 19.1 Å². The van der Waals surface area contributed by atoms with Crippen LogP contribution in [0.1, 0.15) is 25.5 Å². The summed E-state index contributed by atoms with van der Waals surface area (Å²) in [5.74, 6) is -2.33. The van der Waals surface area contributed by atoms with Crippen molar-refractivity contribution in [3.8, 4) is 0 Å². The Balaban J connectivity index is 1.97. The zero-order valence-electron chi connectivity index (χ0n) is 13.4. The first kappa shape index (κ1) is 15.7. The summed E-state index contributed by atoms with van der Waals surface area (Å²) < 4.78 is 5.26. The molecule has 4 atom stereocenters. The van der Waals surface area contributed by atoms with Gasteiger partial charge in [-0.3, -0.25) is 24.6 Å². The van der Waals surface area contributed by atoms with E-state index in [1.807, 2.05) is 30.3 Å². The quantitative estimate of drug-likeness (QED) is 0.662. The third-order valence-corrected chi connectivity index (χ3v) is 4.46. The van der Waals surface area contributed by atoms with Crippen LogP contribution in [0.5, 0.6) is 0 Å². The molecule has 0 aromatic heterocycles. The topological polar surface area (TPSA) is 75.7 Å². The van der Waals surface area contributed by atoms with Gasteiger partial charge < -0.3 is 4.74 Å². The summed E-state index contributed by atoms with van der Waals surface area (Å²) in [6, 6.07) is 8.24. The summed E-state index contributed by atoms with van der Waals surface area (Å²) in [7, 11) is 1.47. The Bertz CT molecular complexity index is 643. The highest BCUT2D eigenvalue weighted by atomic mass is 16.5. The molecule has 0 radical (unpaired) electrons. The van der Waals surface area contributed by atoms with Crippen LogP contribution in [-0.2, 0) is 19.1 Å². The minimum atomic E-state index is -0.797. The fourth-order valence-electron chi connectivity index (χ4n) is 3.45. The molecule has 2 heterocycles. The second-order valence-corrected chi connectivity index (χ2v) is 6.31. The summed E-state index contributed by atoms with van der Waals surface area (Å²) in [6.07, 6.45) is -0.275. The Morgan fingerprint density at radius 3 is 2.35 bits per heavy atom. The van der Waals surface area contributed by atoms with Crippen molar-refractivity contribution >= 4 is 17.8 Å². The average Bonchev–Trinajstić information content (AvgIpc) is 3.01. The molecule has 2 fully saturated rings. The van der Waals surface area contributed by atoms with E-state index in [0.717, 1.165) is 10.5 Å². The second-order valence-electron chi connectivity index (χ2n) is 6.31. The van der Waals surface area contributed by atoms with E-state index >= 15 is 0 Å². The van der Waals surface area contributed by atoms with Crippen LogP contribution in [-0.4, -0.2) is 41.9 Å². The third kappa shape index (κ3) is 2.53. The number of hydrogen-bond acceptors (Lipinski definition) is 5. The van der Waals surface area contributed by atoms with Crippen molar-refractivity contribution in [3.05, 3.63) is 35.9 Å². The minimum Gasteiger partial charge on any atom is -0.462 e. The van der Waals surface area contributed by atoms with Crippen LogP contribution in [0.25, 0.3) is 0 Å². The first-order chi connectivity index (χ1) is 10.9. The van der Waals surface area contributed by atoms with E-state index in [1.165, 1.54) is 7.05 Å². The number of esters is 1. The van der Waals surface area contributed by atoms with E-state index in [9.17, 15) is 14.4 Å². The summed E-state index contributed by atoms with van der Waals surface area (Å²) in [5.41, 5.74) is 0.888. The smallest absolute Gasteiger partial charge is 0.324 e. The molecule has 122 valence electrons. The van der Waals surface area contributed by atoms with Crippen LogP contribution in [0.2, 0.25) is 0 Å². The molecule has 0 saturated carbocycles. The number of fused-ring (bicyclic) bond motifs is 1. The molecule has 23 heavy (non-hydrogen) atoms. The van der Waals surface area contributed by atoms with Crippen molar-refractivity contribution in [2.45, 2.75) is 32.0 Å². The highest BCUT2D eigenvalue weighted by molar-refractivity contribution is 6.08. The largest absolute Gasteiger partial charge is 0.462 e. The van der Waals surface area contributed by atoms with Gasteiger partial charge in [0.05, 0.1) is 17.9 Å². The molecule has 0 aliphatic carbocycles. The lowest BCUT2D eigenvalue weighted by Crippen LogP contribution is -2.43.